The molecule has 2 aromatic carbocycles. The van der Waals surface area contributed by atoms with Crippen molar-refractivity contribution in [2.45, 2.75) is 18.9 Å². The second kappa shape index (κ2) is 11.2. The third-order valence-electron chi connectivity index (χ3n) is 8.44. The van der Waals surface area contributed by atoms with Gasteiger partial charge in [0.25, 0.3) is 5.91 Å². The molecule has 3 unspecified atom stereocenters. The fourth-order valence-corrected chi connectivity index (χ4v) is 6.26. The summed E-state index contributed by atoms with van der Waals surface area (Å²) >= 11 is 0. The zero-order valence-electron chi connectivity index (χ0n) is 22.1. The van der Waals surface area contributed by atoms with Gasteiger partial charge < -0.3 is 25.6 Å². The minimum absolute atomic E-state index is 0.0260. The molecule has 3 aliphatic heterocycles. The Morgan fingerprint density at radius 1 is 1.00 bits per heavy atom. The van der Waals surface area contributed by atoms with E-state index in [2.05, 4.69) is 27.4 Å². The van der Waals surface area contributed by atoms with Gasteiger partial charge in [-0.15, -0.1) is 0 Å². The topological polar surface area (TPSA) is 106 Å². The number of nitrogens with one attached hydrogen (secondary N) is 1. The van der Waals surface area contributed by atoms with Crippen molar-refractivity contribution in [3.05, 3.63) is 78.0 Å². The molecule has 39 heavy (non-hydrogen) atoms. The largest absolute Gasteiger partial charge is 0.383 e. The maximum atomic E-state index is 13.3. The van der Waals surface area contributed by atoms with Crippen LogP contribution in [0.3, 0.4) is 0 Å². The van der Waals surface area contributed by atoms with E-state index in [1.165, 1.54) is 0 Å². The number of rotatable bonds is 8. The summed E-state index contributed by atoms with van der Waals surface area (Å²) in [5.41, 5.74) is 8.77. The first-order valence-corrected chi connectivity index (χ1v) is 13.9. The number of hydrogen-bond donors (Lipinski definition) is 2. The van der Waals surface area contributed by atoms with E-state index in [1.54, 1.807) is 10.9 Å². The van der Waals surface area contributed by atoms with E-state index >= 15 is 0 Å². The fourth-order valence-electron chi connectivity index (χ4n) is 6.26. The van der Waals surface area contributed by atoms with E-state index in [0.717, 1.165) is 56.8 Å². The van der Waals surface area contributed by atoms with Gasteiger partial charge >= 0.3 is 0 Å². The standard InChI is InChI=1S/C30H36N6O3/c31-28-26(15-32-36(28)25-9-5-2-6-10-25)30(38)35-18-23-16-34(17-24(23)19-35)13-11-27(21-7-3-1-4-8-21)33-29(37)22-12-14-39-20-22/h1-10,15,22-24,27H,11-14,16-20,31H2,(H,33,37)/t22?,23-,24?,27?/m0/s1. The smallest absolute Gasteiger partial charge is 0.259 e. The van der Waals surface area contributed by atoms with Crippen LogP contribution in [-0.2, 0) is 9.53 Å². The van der Waals surface area contributed by atoms with Gasteiger partial charge in [-0.1, -0.05) is 48.5 Å². The van der Waals surface area contributed by atoms with E-state index in [1.807, 2.05) is 53.4 Å². The van der Waals surface area contributed by atoms with E-state index in [-0.39, 0.29) is 23.8 Å². The first kappa shape index (κ1) is 25.6. The zero-order chi connectivity index (χ0) is 26.8. The number of nitrogen functional groups attached to an aromatic ring is 1. The molecule has 9 heteroatoms. The Kier molecular flexibility index (Phi) is 7.34. The molecule has 0 aliphatic carbocycles. The highest BCUT2D eigenvalue weighted by Crippen LogP contribution is 2.33. The molecule has 204 valence electrons. The lowest BCUT2D eigenvalue weighted by Crippen LogP contribution is -2.37. The molecule has 2 amide bonds. The van der Waals surface area contributed by atoms with Crippen molar-refractivity contribution in [1.82, 2.24) is 24.9 Å². The second-order valence-corrected chi connectivity index (χ2v) is 11.0. The van der Waals surface area contributed by atoms with Gasteiger partial charge in [0.1, 0.15) is 11.4 Å². The van der Waals surface area contributed by atoms with Crippen molar-refractivity contribution in [3.63, 3.8) is 0 Å². The maximum absolute atomic E-state index is 13.3. The minimum atomic E-state index is -0.0558. The van der Waals surface area contributed by atoms with E-state index in [4.69, 9.17) is 10.5 Å². The molecule has 3 fully saturated rings. The number of fused-ring (bicyclic) bond motifs is 1. The highest BCUT2D eigenvalue weighted by molar-refractivity contribution is 5.98. The van der Waals surface area contributed by atoms with Crippen LogP contribution in [0.2, 0.25) is 0 Å². The Balaban J connectivity index is 1.04. The van der Waals surface area contributed by atoms with Crippen LogP contribution >= 0.6 is 0 Å². The van der Waals surface area contributed by atoms with Gasteiger partial charge in [-0.3, -0.25) is 9.59 Å². The third kappa shape index (κ3) is 5.42. The first-order valence-electron chi connectivity index (χ1n) is 13.9. The number of anilines is 1. The number of nitrogens with two attached hydrogens (primary N) is 1. The summed E-state index contributed by atoms with van der Waals surface area (Å²) in [4.78, 5) is 30.6. The molecular formula is C30H36N6O3. The van der Waals surface area contributed by atoms with E-state index in [0.29, 0.717) is 36.4 Å². The first-order chi connectivity index (χ1) is 19.1. The van der Waals surface area contributed by atoms with Crippen LogP contribution in [0, 0.1) is 17.8 Å². The summed E-state index contributed by atoms with van der Waals surface area (Å²) < 4.78 is 7.04. The van der Waals surface area contributed by atoms with Crippen LogP contribution in [0.25, 0.3) is 5.69 Å². The third-order valence-corrected chi connectivity index (χ3v) is 8.44. The molecule has 4 atom stereocenters. The van der Waals surface area contributed by atoms with Crippen molar-refractivity contribution in [1.29, 1.82) is 0 Å². The SMILES string of the molecule is Nc1c(C(=O)N2CC3CN(CCC(NC(=O)C4CCOC4)c4ccccc4)C[C@H]3C2)cnn1-c1ccccc1. The molecule has 3 N–H and O–H groups in total. The molecule has 0 radical (unpaired) electrons. The van der Waals surface area contributed by atoms with Crippen molar-refractivity contribution in [3.8, 4) is 5.69 Å². The minimum Gasteiger partial charge on any atom is -0.383 e. The number of likely N-dealkylation sites (tertiary alicyclic amines) is 2. The number of ether oxygens (including phenoxy) is 1. The Bertz CT molecular complexity index is 1280. The zero-order valence-corrected chi connectivity index (χ0v) is 22.1. The van der Waals surface area contributed by atoms with Crippen LogP contribution in [0.1, 0.15) is 34.8 Å². The maximum Gasteiger partial charge on any atom is 0.259 e. The molecule has 9 nitrogen and oxygen atoms in total. The van der Waals surface area contributed by atoms with Crippen LogP contribution in [0.15, 0.2) is 66.9 Å². The molecule has 3 aromatic rings. The van der Waals surface area contributed by atoms with Crippen molar-refractivity contribution < 1.29 is 14.3 Å². The normalized spacial score (nSPS) is 23.6. The van der Waals surface area contributed by atoms with Crippen LogP contribution in [0.4, 0.5) is 5.82 Å². The van der Waals surface area contributed by atoms with Gasteiger partial charge in [-0.25, -0.2) is 4.68 Å². The molecule has 0 saturated carbocycles. The lowest BCUT2D eigenvalue weighted by Gasteiger charge is -2.25. The predicted molar refractivity (Wildman–Crippen MR) is 148 cm³/mol. The molecule has 6 rings (SSSR count). The van der Waals surface area contributed by atoms with Gasteiger partial charge in [0.2, 0.25) is 5.91 Å². The molecule has 3 saturated heterocycles. The number of hydrogen-bond acceptors (Lipinski definition) is 6. The summed E-state index contributed by atoms with van der Waals surface area (Å²) in [6, 6.07) is 19.8. The van der Waals surface area contributed by atoms with E-state index < -0.39 is 0 Å². The summed E-state index contributed by atoms with van der Waals surface area (Å²) in [6.45, 7) is 5.45. The molecule has 1 aromatic heterocycles. The Labute approximate surface area is 228 Å². The number of carbonyl (C=O) groups is 2. The fraction of sp³-hybridized carbons (Fsp3) is 0.433. The average molecular weight is 529 g/mol. The summed E-state index contributed by atoms with van der Waals surface area (Å²) in [5.74, 6) is 1.25. The second-order valence-electron chi connectivity index (χ2n) is 11.0. The molecule has 0 spiro atoms. The highest BCUT2D eigenvalue weighted by atomic mass is 16.5. The summed E-state index contributed by atoms with van der Waals surface area (Å²) in [6.07, 6.45) is 3.22. The van der Waals surface area contributed by atoms with Crippen LogP contribution < -0.4 is 11.1 Å². The number of nitrogens with zero attached hydrogens (tertiary/aromatic N) is 4. The van der Waals surface area contributed by atoms with Crippen molar-refractivity contribution in [2.24, 2.45) is 17.8 Å². The van der Waals surface area contributed by atoms with Gasteiger partial charge in [0.05, 0.1) is 30.5 Å². The van der Waals surface area contributed by atoms with E-state index in [9.17, 15) is 9.59 Å². The highest BCUT2D eigenvalue weighted by Gasteiger charge is 2.42. The Morgan fingerprint density at radius 2 is 1.69 bits per heavy atom. The number of aromatic nitrogens is 2. The lowest BCUT2D eigenvalue weighted by atomic mass is 10.0. The van der Waals surface area contributed by atoms with Gasteiger partial charge in [-0.2, -0.15) is 5.10 Å². The molecule has 3 aliphatic rings. The average Bonchev–Trinajstić information content (AvgIpc) is 3.76. The molecular weight excluding hydrogens is 492 g/mol. The molecule has 4 heterocycles. The predicted octanol–water partition coefficient (Wildman–Crippen LogP) is 2.74. The number of benzene rings is 2. The van der Waals surface area contributed by atoms with Crippen LogP contribution in [0.5, 0.6) is 0 Å². The monoisotopic (exact) mass is 528 g/mol. The quantitative estimate of drug-likeness (QED) is 0.466. The number of para-hydroxylation sites is 1. The van der Waals surface area contributed by atoms with Gasteiger partial charge in [0.15, 0.2) is 0 Å². The summed E-state index contributed by atoms with van der Waals surface area (Å²) in [5, 5.41) is 7.66. The lowest BCUT2D eigenvalue weighted by molar-refractivity contribution is -0.125. The number of carbonyl (C=O) groups excluding carboxylic acids is 2. The molecule has 0 bridgehead atoms. The number of amides is 2. The summed E-state index contributed by atoms with van der Waals surface area (Å²) in [7, 11) is 0. The van der Waals surface area contributed by atoms with Crippen LogP contribution in [-0.4, -0.2) is 77.3 Å². The van der Waals surface area contributed by atoms with Gasteiger partial charge in [0, 0.05) is 39.3 Å². The van der Waals surface area contributed by atoms with Gasteiger partial charge in [-0.05, 0) is 42.4 Å². The van der Waals surface area contributed by atoms with Crippen molar-refractivity contribution in [2.75, 3.05) is 51.7 Å². The Morgan fingerprint density at radius 3 is 2.36 bits per heavy atom. The van der Waals surface area contributed by atoms with Crippen molar-refractivity contribution >= 4 is 17.6 Å². The Hall–Kier alpha value is -3.69.